The van der Waals surface area contributed by atoms with E-state index in [1.54, 1.807) is 0 Å². The van der Waals surface area contributed by atoms with Gasteiger partial charge in [0.25, 0.3) is 0 Å². The van der Waals surface area contributed by atoms with Crippen molar-refractivity contribution in [2.75, 3.05) is 11.5 Å². The molecule has 136 valence electrons. The Hall–Kier alpha value is -1.80. The summed E-state index contributed by atoms with van der Waals surface area (Å²) < 4.78 is 83.4. The zero-order chi connectivity index (χ0) is 19.2. The van der Waals surface area contributed by atoms with Crippen molar-refractivity contribution >= 4 is 34.6 Å². The lowest BCUT2D eigenvalue weighted by Crippen LogP contribution is -2.55. The fourth-order valence-electron chi connectivity index (χ4n) is 2.59. The van der Waals surface area contributed by atoms with Crippen LogP contribution in [0, 0.1) is 0 Å². The lowest BCUT2D eigenvalue weighted by molar-refractivity contribution is -0.288. The standard InChI is InChI=1S/C15H10Cl2F6N2/c16-11-5-7(24)1-3-9(11)13(14(18,19)20,15(21,22)23)10-4-2-8(25)6-12(10)17/h1-6H,24-25H2. The van der Waals surface area contributed by atoms with Gasteiger partial charge in [0, 0.05) is 21.4 Å². The molecular formula is C15H10Cl2F6N2. The average Bonchev–Trinajstić information content (AvgIpc) is 2.40. The van der Waals surface area contributed by atoms with Crippen molar-refractivity contribution in [2.24, 2.45) is 0 Å². The molecule has 0 atom stereocenters. The average molecular weight is 403 g/mol. The maximum Gasteiger partial charge on any atom is 0.411 e. The van der Waals surface area contributed by atoms with Crippen molar-refractivity contribution in [3.8, 4) is 0 Å². The summed E-state index contributed by atoms with van der Waals surface area (Å²) in [5.41, 5.74) is 3.70. The number of rotatable bonds is 2. The minimum Gasteiger partial charge on any atom is -0.399 e. The zero-order valence-corrected chi connectivity index (χ0v) is 13.7. The fraction of sp³-hybridized carbons (Fsp3) is 0.200. The SMILES string of the molecule is Nc1ccc(C(c2ccc(N)cc2Cl)(C(F)(F)F)C(F)(F)F)c(Cl)c1. The van der Waals surface area contributed by atoms with Gasteiger partial charge in [0.15, 0.2) is 0 Å². The first-order chi connectivity index (χ1) is 11.3. The Bertz CT molecular complexity index is 734. The molecule has 2 aromatic carbocycles. The molecule has 25 heavy (non-hydrogen) atoms. The predicted molar refractivity (Wildman–Crippen MR) is 84.6 cm³/mol. The van der Waals surface area contributed by atoms with Gasteiger partial charge < -0.3 is 11.5 Å². The van der Waals surface area contributed by atoms with Crippen LogP contribution in [-0.2, 0) is 5.41 Å². The summed E-state index contributed by atoms with van der Waals surface area (Å²) >= 11 is 11.4. The van der Waals surface area contributed by atoms with Crippen LogP contribution in [0.4, 0.5) is 37.7 Å². The van der Waals surface area contributed by atoms with Gasteiger partial charge in [0.2, 0.25) is 5.41 Å². The molecule has 0 aliphatic rings. The molecule has 2 rings (SSSR count). The summed E-state index contributed by atoms with van der Waals surface area (Å²) in [6.07, 6.45) is -11.6. The highest BCUT2D eigenvalue weighted by atomic mass is 35.5. The second kappa shape index (κ2) is 6.17. The quantitative estimate of drug-likeness (QED) is 0.509. The first-order valence-electron chi connectivity index (χ1n) is 6.57. The highest BCUT2D eigenvalue weighted by Gasteiger charge is 2.73. The molecular weight excluding hydrogens is 393 g/mol. The van der Waals surface area contributed by atoms with Crippen molar-refractivity contribution in [1.29, 1.82) is 0 Å². The molecule has 0 aromatic heterocycles. The Kier molecular flexibility index (Phi) is 4.82. The van der Waals surface area contributed by atoms with E-state index in [4.69, 9.17) is 34.7 Å². The van der Waals surface area contributed by atoms with E-state index in [9.17, 15) is 26.3 Å². The minimum atomic E-state index is -5.80. The lowest BCUT2D eigenvalue weighted by atomic mass is 9.72. The third-order valence-electron chi connectivity index (χ3n) is 3.64. The van der Waals surface area contributed by atoms with Crippen LogP contribution in [0.25, 0.3) is 0 Å². The smallest absolute Gasteiger partial charge is 0.399 e. The molecule has 10 heteroatoms. The second-order valence-electron chi connectivity index (χ2n) is 5.22. The molecule has 4 N–H and O–H groups in total. The van der Waals surface area contributed by atoms with Gasteiger partial charge in [0.05, 0.1) is 0 Å². The Labute approximate surface area is 148 Å². The van der Waals surface area contributed by atoms with Gasteiger partial charge in [-0.25, -0.2) is 0 Å². The van der Waals surface area contributed by atoms with E-state index in [2.05, 4.69) is 0 Å². The molecule has 0 aliphatic carbocycles. The third kappa shape index (κ3) is 3.08. The van der Waals surface area contributed by atoms with Gasteiger partial charge >= 0.3 is 12.4 Å². The minimum absolute atomic E-state index is 0.0876. The largest absolute Gasteiger partial charge is 0.411 e. The normalized spacial score (nSPS) is 13.1. The van der Waals surface area contributed by atoms with E-state index >= 15 is 0 Å². The van der Waals surface area contributed by atoms with E-state index in [0.29, 0.717) is 12.1 Å². The summed E-state index contributed by atoms with van der Waals surface area (Å²) in [5.74, 6) is 0. The molecule has 0 saturated heterocycles. The molecule has 0 heterocycles. The van der Waals surface area contributed by atoms with E-state index in [-0.39, 0.29) is 11.4 Å². The molecule has 2 aromatic rings. The highest BCUT2D eigenvalue weighted by Crippen LogP contribution is 2.59. The van der Waals surface area contributed by atoms with Crippen LogP contribution in [0.5, 0.6) is 0 Å². The number of halogens is 8. The van der Waals surface area contributed by atoms with Gasteiger partial charge in [-0.3, -0.25) is 0 Å². The Balaban J connectivity index is 3.02. The summed E-state index contributed by atoms with van der Waals surface area (Å²) in [5, 5.41) is -1.58. The number of hydrogen-bond donors (Lipinski definition) is 2. The zero-order valence-electron chi connectivity index (χ0n) is 12.1. The molecule has 0 fully saturated rings. The van der Waals surface area contributed by atoms with Crippen molar-refractivity contribution in [1.82, 2.24) is 0 Å². The maximum atomic E-state index is 13.9. The fourth-order valence-corrected chi connectivity index (χ4v) is 3.25. The third-order valence-corrected chi connectivity index (χ3v) is 4.27. The van der Waals surface area contributed by atoms with Crippen LogP contribution in [-0.4, -0.2) is 12.4 Å². The molecule has 0 radical (unpaired) electrons. The topological polar surface area (TPSA) is 52.0 Å². The summed E-state index contributed by atoms with van der Waals surface area (Å²) in [6, 6.07) is 4.61. The van der Waals surface area contributed by atoms with Crippen molar-refractivity contribution in [3.05, 3.63) is 57.6 Å². The summed E-state index contributed by atoms with van der Waals surface area (Å²) in [7, 11) is 0. The van der Waals surface area contributed by atoms with E-state index in [0.717, 1.165) is 24.3 Å². The van der Waals surface area contributed by atoms with Crippen molar-refractivity contribution < 1.29 is 26.3 Å². The molecule has 0 bridgehead atoms. The Morgan fingerprint density at radius 1 is 0.640 bits per heavy atom. The number of anilines is 2. The number of alkyl halides is 6. The first-order valence-corrected chi connectivity index (χ1v) is 7.32. The molecule has 0 amide bonds. The van der Waals surface area contributed by atoms with Crippen LogP contribution in [0.2, 0.25) is 10.0 Å². The summed E-state index contributed by atoms with van der Waals surface area (Å²) in [6.45, 7) is 0. The maximum absolute atomic E-state index is 13.9. The lowest BCUT2D eigenvalue weighted by Gasteiger charge is -2.39. The second-order valence-corrected chi connectivity index (χ2v) is 6.04. The van der Waals surface area contributed by atoms with Crippen molar-refractivity contribution in [2.45, 2.75) is 17.8 Å². The number of nitrogens with two attached hydrogens (primary N) is 2. The molecule has 0 saturated carbocycles. The first kappa shape index (κ1) is 19.5. The van der Waals surface area contributed by atoms with Gasteiger partial charge in [0.1, 0.15) is 0 Å². The molecule has 0 unspecified atom stereocenters. The van der Waals surface area contributed by atoms with Gasteiger partial charge in [-0.1, -0.05) is 35.3 Å². The monoisotopic (exact) mass is 402 g/mol. The van der Waals surface area contributed by atoms with Gasteiger partial charge in [-0.2, -0.15) is 26.3 Å². The number of benzene rings is 2. The molecule has 2 nitrogen and oxygen atoms in total. The number of nitrogen functional groups attached to an aromatic ring is 2. The summed E-state index contributed by atoms with van der Waals surface area (Å²) in [4.78, 5) is 0. The van der Waals surface area contributed by atoms with Crippen LogP contribution >= 0.6 is 23.2 Å². The highest BCUT2D eigenvalue weighted by molar-refractivity contribution is 6.33. The predicted octanol–water partition coefficient (Wildman–Crippen LogP) is 5.57. The van der Waals surface area contributed by atoms with E-state index in [1.807, 2.05) is 0 Å². The van der Waals surface area contributed by atoms with Gasteiger partial charge in [-0.15, -0.1) is 0 Å². The van der Waals surface area contributed by atoms with Crippen LogP contribution in [0.3, 0.4) is 0 Å². The Morgan fingerprint density at radius 3 is 1.20 bits per heavy atom. The van der Waals surface area contributed by atoms with E-state index < -0.39 is 38.9 Å². The van der Waals surface area contributed by atoms with Crippen molar-refractivity contribution in [3.63, 3.8) is 0 Å². The van der Waals surface area contributed by atoms with E-state index in [1.165, 1.54) is 0 Å². The van der Waals surface area contributed by atoms with Crippen LogP contribution < -0.4 is 11.5 Å². The molecule has 0 spiro atoms. The number of hydrogen-bond acceptors (Lipinski definition) is 2. The van der Waals surface area contributed by atoms with Gasteiger partial charge in [-0.05, 0) is 35.4 Å². The Morgan fingerprint density at radius 2 is 0.960 bits per heavy atom. The van der Waals surface area contributed by atoms with Crippen LogP contribution in [0.15, 0.2) is 36.4 Å². The van der Waals surface area contributed by atoms with Crippen LogP contribution in [0.1, 0.15) is 11.1 Å². The molecule has 0 aliphatic heterocycles.